The van der Waals surface area contributed by atoms with Gasteiger partial charge < -0.3 is 4.98 Å². The molecule has 8 heteroatoms. The van der Waals surface area contributed by atoms with Crippen molar-refractivity contribution in [2.24, 2.45) is 0 Å². The summed E-state index contributed by atoms with van der Waals surface area (Å²) in [5.41, 5.74) is 6.55. The van der Waals surface area contributed by atoms with Gasteiger partial charge in [0.25, 0.3) is 0 Å². The standard InChI is InChI=1S/C20H21N5O2S/c1-13-14(2)24-20(23-13)19-9-15(4-6-22-19)17-8-18(11-21-10-17)16-5-7-25(12-16)28(3,26)27/h4-6,8-11H,7,12H2,1-3H3,(H,23,24). The second-order valence-electron chi connectivity index (χ2n) is 6.97. The predicted molar refractivity (Wildman–Crippen MR) is 109 cm³/mol. The van der Waals surface area contributed by atoms with Gasteiger partial charge in [-0.25, -0.2) is 13.4 Å². The fourth-order valence-corrected chi connectivity index (χ4v) is 3.89. The summed E-state index contributed by atoms with van der Waals surface area (Å²) in [5, 5.41) is 0. The van der Waals surface area contributed by atoms with Crippen LogP contribution in [0.15, 0.2) is 42.9 Å². The highest BCUT2D eigenvalue weighted by atomic mass is 32.2. The monoisotopic (exact) mass is 395 g/mol. The molecule has 3 aromatic rings. The van der Waals surface area contributed by atoms with Gasteiger partial charge in [-0.1, -0.05) is 6.08 Å². The molecule has 144 valence electrons. The molecular formula is C20H21N5O2S. The molecule has 28 heavy (non-hydrogen) atoms. The predicted octanol–water partition coefficient (Wildman–Crippen LogP) is 2.81. The van der Waals surface area contributed by atoms with Crippen LogP contribution in [0.25, 0.3) is 28.2 Å². The van der Waals surface area contributed by atoms with Crippen molar-refractivity contribution < 1.29 is 8.42 Å². The highest BCUT2D eigenvalue weighted by Gasteiger charge is 2.23. The lowest BCUT2D eigenvalue weighted by atomic mass is 10.0. The van der Waals surface area contributed by atoms with E-state index in [0.29, 0.717) is 13.1 Å². The quantitative estimate of drug-likeness (QED) is 0.733. The number of rotatable bonds is 4. The molecular weight excluding hydrogens is 374 g/mol. The van der Waals surface area contributed by atoms with Gasteiger partial charge in [0.1, 0.15) is 5.69 Å². The van der Waals surface area contributed by atoms with Gasteiger partial charge in [0, 0.05) is 42.9 Å². The third kappa shape index (κ3) is 3.61. The van der Waals surface area contributed by atoms with Crippen LogP contribution in [-0.4, -0.2) is 52.0 Å². The minimum atomic E-state index is -3.20. The van der Waals surface area contributed by atoms with Crippen LogP contribution in [0.5, 0.6) is 0 Å². The third-order valence-corrected chi connectivity index (χ3v) is 6.15. The van der Waals surface area contributed by atoms with Crippen molar-refractivity contribution in [1.82, 2.24) is 24.2 Å². The molecule has 4 heterocycles. The van der Waals surface area contributed by atoms with Crippen molar-refractivity contribution in [3.05, 3.63) is 59.8 Å². The number of aryl methyl sites for hydroxylation is 2. The number of aromatic nitrogens is 4. The molecule has 0 aromatic carbocycles. The molecule has 0 radical (unpaired) electrons. The molecule has 0 saturated carbocycles. The number of pyridine rings is 2. The van der Waals surface area contributed by atoms with E-state index >= 15 is 0 Å². The second kappa shape index (κ2) is 6.96. The number of imidazole rings is 1. The maximum absolute atomic E-state index is 11.8. The van der Waals surface area contributed by atoms with E-state index in [1.54, 1.807) is 18.6 Å². The number of hydrogen-bond donors (Lipinski definition) is 1. The molecule has 0 spiro atoms. The molecule has 0 atom stereocenters. The summed E-state index contributed by atoms with van der Waals surface area (Å²) in [7, 11) is -3.20. The van der Waals surface area contributed by atoms with Crippen LogP contribution < -0.4 is 0 Å². The van der Waals surface area contributed by atoms with Crippen molar-refractivity contribution in [3.8, 4) is 22.6 Å². The van der Waals surface area contributed by atoms with Gasteiger partial charge in [0.2, 0.25) is 10.0 Å². The normalized spacial score (nSPS) is 15.0. The van der Waals surface area contributed by atoms with Gasteiger partial charge in [-0.15, -0.1) is 0 Å². The first-order valence-electron chi connectivity index (χ1n) is 8.91. The molecule has 0 saturated heterocycles. The first-order valence-corrected chi connectivity index (χ1v) is 10.8. The van der Waals surface area contributed by atoms with Crippen molar-refractivity contribution in [2.75, 3.05) is 19.3 Å². The van der Waals surface area contributed by atoms with Crippen molar-refractivity contribution >= 4 is 15.6 Å². The summed E-state index contributed by atoms with van der Waals surface area (Å²) < 4.78 is 25.0. The van der Waals surface area contributed by atoms with Gasteiger partial charge in [0.15, 0.2) is 5.82 Å². The largest absolute Gasteiger partial charge is 0.341 e. The zero-order chi connectivity index (χ0) is 19.9. The Bertz CT molecular complexity index is 1160. The van der Waals surface area contributed by atoms with Crippen LogP contribution in [-0.2, 0) is 10.0 Å². The lowest BCUT2D eigenvalue weighted by molar-refractivity contribution is 0.496. The first-order chi connectivity index (χ1) is 13.3. The van der Waals surface area contributed by atoms with Crippen LogP contribution in [0.2, 0.25) is 0 Å². The maximum atomic E-state index is 11.8. The Morgan fingerprint density at radius 1 is 1.11 bits per heavy atom. The Balaban J connectivity index is 1.65. The Morgan fingerprint density at radius 2 is 1.89 bits per heavy atom. The van der Waals surface area contributed by atoms with Crippen LogP contribution >= 0.6 is 0 Å². The van der Waals surface area contributed by atoms with Crippen molar-refractivity contribution in [2.45, 2.75) is 13.8 Å². The van der Waals surface area contributed by atoms with E-state index in [1.807, 2.05) is 38.1 Å². The zero-order valence-corrected chi connectivity index (χ0v) is 16.8. The smallest absolute Gasteiger partial charge is 0.211 e. The van der Waals surface area contributed by atoms with Gasteiger partial charge >= 0.3 is 0 Å². The number of sulfonamides is 1. The number of aromatic amines is 1. The van der Waals surface area contributed by atoms with E-state index in [9.17, 15) is 8.42 Å². The molecule has 0 bridgehead atoms. The topological polar surface area (TPSA) is 91.8 Å². The fraction of sp³-hybridized carbons (Fsp3) is 0.250. The van der Waals surface area contributed by atoms with Crippen LogP contribution in [0.1, 0.15) is 17.0 Å². The van der Waals surface area contributed by atoms with Crippen LogP contribution in [0.3, 0.4) is 0 Å². The Labute approximate surface area is 164 Å². The summed E-state index contributed by atoms with van der Waals surface area (Å²) in [6.07, 6.45) is 8.49. The average molecular weight is 395 g/mol. The van der Waals surface area contributed by atoms with Crippen molar-refractivity contribution in [1.29, 1.82) is 0 Å². The van der Waals surface area contributed by atoms with Crippen LogP contribution in [0.4, 0.5) is 0 Å². The second-order valence-corrected chi connectivity index (χ2v) is 8.96. The van der Waals surface area contributed by atoms with E-state index in [1.165, 1.54) is 10.6 Å². The minimum Gasteiger partial charge on any atom is -0.341 e. The van der Waals surface area contributed by atoms with Gasteiger partial charge in [-0.2, -0.15) is 4.31 Å². The van der Waals surface area contributed by atoms with Gasteiger partial charge in [0.05, 0.1) is 11.9 Å². The molecule has 1 aliphatic rings. The lowest BCUT2D eigenvalue weighted by Crippen LogP contribution is -2.27. The SMILES string of the molecule is Cc1nc(-c2cc(-c3cncc(C4=CCN(S(C)(=O)=O)C4)c3)ccn2)[nH]c1C. The molecule has 0 aliphatic carbocycles. The summed E-state index contributed by atoms with van der Waals surface area (Å²) >= 11 is 0. The molecule has 1 aliphatic heterocycles. The van der Waals surface area contributed by atoms with Gasteiger partial charge in [-0.05, 0) is 48.7 Å². The maximum Gasteiger partial charge on any atom is 0.211 e. The summed E-state index contributed by atoms with van der Waals surface area (Å²) in [5.74, 6) is 0.739. The highest BCUT2D eigenvalue weighted by molar-refractivity contribution is 7.88. The summed E-state index contributed by atoms with van der Waals surface area (Å²) in [6.45, 7) is 4.71. The van der Waals surface area contributed by atoms with E-state index in [4.69, 9.17) is 0 Å². The minimum absolute atomic E-state index is 0.372. The Kier molecular flexibility index (Phi) is 4.60. The molecule has 4 rings (SSSR count). The molecule has 7 nitrogen and oxygen atoms in total. The average Bonchev–Trinajstić information content (AvgIpc) is 3.30. The van der Waals surface area contributed by atoms with Crippen molar-refractivity contribution in [3.63, 3.8) is 0 Å². The first kappa shape index (κ1) is 18.5. The number of hydrogen-bond acceptors (Lipinski definition) is 5. The molecule has 3 aromatic heterocycles. The molecule has 0 fully saturated rings. The number of H-pyrrole nitrogens is 1. The van der Waals surface area contributed by atoms with E-state index in [2.05, 4.69) is 19.9 Å². The Morgan fingerprint density at radius 3 is 2.57 bits per heavy atom. The van der Waals surface area contributed by atoms with E-state index in [0.717, 1.165) is 45.2 Å². The zero-order valence-electron chi connectivity index (χ0n) is 16.0. The third-order valence-electron chi connectivity index (χ3n) is 4.93. The van der Waals surface area contributed by atoms with Crippen LogP contribution in [0, 0.1) is 13.8 Å². The number of nitrogens with one attached hydrogen (secondary N) is 1. The lowest BCUT2D eigenvalue weighted by Gasteiger charge is -2.13. The van der Waals surface area contributed by atoms with Gasteiger partial charge in [-0.3, -0.25) is 9.97 Å². The van der Waals surface area contributed by atoms with E-state index in [-0.39, 0.29) is 0 Å². The summed E-state index contributed by atoms with van der Waals surface area (Å²) in [6, 6.07) is 5.94. The Hall–Kier alpha value is -2.84. The molecule has 1 N–H and O–H groups in total. The summed E-state index contributed by atoms with van der Waals surface area (Å²) in [4.78, 5) is 16.6. The fourth-order valence-electron chi connectivity index (χ4n) is 3.17. The molecule has 0 amide bonds. The number of nitrogens with zero attached hydrogens (tertiary/aromatic N) is 4. The molecule has 0 unspecified atom stereocenters. The van der Waals surface area contributed by atoms with E-state index < -0.39 is 10.0 Å². The highest BCUT2D eigenvalue weighted by Crippen LogP contribution is 2.28.